The molecular weight excluding hydrogens is 254 g/mol. The molecule has 2 atom stereocenters. The fourth-order valence-electron chi connectivity index (χ4n) is 2.59. The van der Waals surface area contributed by atoms with Crippen LogP contribution in [-0.4, -0.2) is 36.1 Å². The third-order valence-corrected chi connectivity index (χ3v) is 3.86. The molecule has 2 rings (SSSR count). The lowest BCUT2D eigenvalue weighted by atomic mass is 10.1. The highest BCUT2D eigenvalue weighted by Crippen LogP contribution is 2.21. The Morgan fingerprint density at radius 2 is 2.25 bits per heavy atom. The predicted octanol–water partition coefficient (Wildman–Crippen LogP) is 1.37. The van der Waals surface area contributed by atoms with Gasteiger partial charge in [0.05, 0.1) is 12.7 Å². The molecule has 0 spiro atoms. The van der Waals surface area contributed by atoms with Gasteiger partial charge in [0.25, 0.3) is 0 Å². The van der Waals surface area contributed by atoms with Gasteiger partial charge in [-0.2, -0.15) is 0 Å². The molecule has 0 aromatic heterocycles. The van der Waals surface area contributed by atoms with Gasteiger partial charge in [-0.05, 0) is 31.0 Å². The van der Waals surface area contributed by atoms with Crippen molar-refractivity contribution < 1.29 is 9.53 Å². The molecule has 1 aromatic carbocycles. The highest BCUT2D eigenvalue weighted by atomic mass is 16.5. The normalized spacial score (nSPS) is 23.7. The van der Waals surface area contributed by atoms with Gasteiger partial charge in [-0.25, -0.2) is 0 Å². The monoisotopic (exact) mass is 277 g/mol. The summed E-state index contributed by atoms with van der Waals surface area (Å²) in [6.07, 6.45) is 1.29. The number of morpholine rings is 1. The van der Waals surface area contributed by atoms with Crippen LogP contribution in [0.4, 0.5) is 5.69 Å². The minimum absolute atomic E-state index is 0.240. The molecule has 1 amide bonds. The van der Waals surface area contributed by atoms with Crippen LogP contribution in [0.15, 0.2) is 18.2 Å². The van der Waals surface area contributed by atoms with E-state index >= 15 is 0 Å². The number of amides is 1. The molecule has 4 N–H and O–H groups in total. The lowest BCUT2D eigenvalue weighted by Crippen LogP contribution is -2.47. The summed E-state index contributed by atoms with van der Waals surface area (Å²) in [5, 5.41) is 0. The highest BCUT2D eigenvalue weighted by Gasteiger charge is 2.25. The number of anilines is 1. The molecule has 20 heavy (non-hydrogen) atoms. The minimum atomic E-state index is -0.449. The molecule has 0 saturated carbocycles. The van der Waals surface area contributed by atoms with E-state index in [4.69, 9.17) is 16.2 Å². The number of carbonyl (C=O) groups excluding carboxylic acids is 1. The number of benzene rings is 1. The van der Waals surface area contributed by atoms with Gasteiger partial charge in [-0.3, -0.25) is 9.69 Å². The Balaban J connectivity index is 2.13. The van der Waals surface area contributed by atoms with E-state index in [1.165, 1.54) is 0 Å². The van der Waals surface area contributed by atoms with Crippen molar-refractivity contribution in [2.24, 2.45) is 5.73 Å². The molecule has 0 aliphatic carbocycles. The molecule has 1 aromatic rings. The van der Waals surface area contributed by atoms with E-state index in [9.17, 15) is 4.79 Å². The number of ether oxygens (including phenoxy) is 1. The van der Waals surface area contributed by atoms with Gasteiger partial charge in [-0.15, -0.1) is 0 Å². The van der Waals surface area contributed by atoms with E-state index in [-0.39, 0.29) is 6.10 Å². The van der Waals surface area contributed by atoms with Crippen molar-refractivity contribution in [1.29, 1.82) is 0 Å². The first-order valence-electron chi connectivity index (χ1n) is 7.05. The standard InChI is InChI=1S/C15H23N3O2/c1-3-13-9-20-10(2)7-18(13)8-12-5-4-11(15(17)19)6-14(12)16/h4-6,10,13H,3,7-9,16H2,1-2H3,(H2,17,19). The summed E-state index contributed by atoms with van der Waals surface area (Å²) in [6, 6.07) is 5.70. The topological polar surface area (TPSA) is 81.6 Å². The molecule has 1 heterocycles. The lowest BCUT2D eigenvalue weighted by molar-refractivity contribution is -0.0591. The minimum Gasteiger partial charge on any atom is -0.398 e. The van der Waals surface area contributed by atoms with Crippen molar-refractivity contribution in [3.05, 3.63) is 29.3 Å². The van der Waals surface area contributed by atoms with Crippen molar-refractivity contribution in [2.45, 2.75) is 39.0 Å². The van der Waals surface area contributed by atoms with Gasteiger partial charge in [0.2, 0.25) is 5.91 Å². The van der Waals surface area contributed by atoms with Crippen molar-refractivity contribution >= 4 is 11.6 Å². The summed E-state index contributed by atoms with van der Waals surface area (Å²) in [7, 11) is 0. The predicted molar refractivity (Wildman–Crippen MR) is 79.3 cm³/mol. The van der Waals surface area contributed by atoms with Gasteiger partial charge in [0, 0.05) is 30.4 Å². The molecular formula is C15H23N3O2. The van der Waals surface area contributed by atoms with Crippen LogP contribution in [0.2, 0.25) is 0 Å². The Morgan fingerprint density at radius 3 is 2.85 bits per heavy atom. The second-order valence-electron chi connectivity index (χ2n) is 5.41. The first-order valence-corrected chi connectivity index (χ1v) is 7.05. The number of primary amides is 1. The van der Waals surface area contributed by atoms with Crippen LogP contribution in [-0.2, 0) is 11.3 Å². The second kappa shape index (κ2) is 6.24. The summed E-state index contributed by atoms with van der Waals surface area (Å²) < 4.78 is 5.70. The average molecular weight is 277 g/mol. The highest BCUT2D eigenvalue weighted by molar-refractivity contribution is 5.93. The van der Waals surface area contributed by atoms with E-state index in [1.54, 1.807) is 12.1 Å². The SMILES string of the molecule is CCC1COC(C)CN1Cc1ccc(C(N)=O)cc1N. The van der Waals surface area contributed by atoms with Crippen molar-refractivity contribution in [3.63, 3.8) is 0 Å². The molecule has 1 aliphatic heterocycles. The number of hydrogen-bond acceptors (Lipinski definition) is 4. The molecule has 5 nitrogen and oxygen atoms in total. The number of rotatable bonds is 4. The van der Waals surface area contributed by atoms with Crippen LogP contribution < -0.4 is 11.5 Å². The second-order valence-corrected chi connectivity index (χ2v) is 5.41. The fourth-order valence-corrected chi connectivity index (χ4v) is 2.59. The number of hydrogen-bond donors (Lipinski definition) is 2. The van der Waals surface area contributed by atoms with Crippen molar-refractivity contribution in [2.75, 3.05) is 18.9 Å². The van der Waals surface area contributed by atoms with Crippen LogP contribution in [0, 0.1) is 0 Å². The summed E-state index contributed by atoms with van der Waals surface area (Å²) in [5.41, 5.74) is 13.4. The number of carbonyl (C=O) groups is 1. The van der Waals surface area contributed by atoms with Crippen LogP contribution in [0.3, 0.4) is 0 Å². The van der Waals surface area contributed by atoms with E-state index in [0.29, 0.717) is 17.3 Å². The first kappa shape index (κ1) is 14.8. The maximum atomic E-state index is 11.1. The molecule has 5 heteroatoms. The van der Waals surface area contributed by atoms with E-state index in [2.05, 4.69) is 18.7 Å². The Kier molecular flexibility index (Phi) is 4.62. The van der Waals surface area contributed by atoms with Crippen LogP contribution in [0.1, 0.15) is 36.2 Å². The molecule has 0 bridgehead atoms. The van der Waals surface area contributed by atoms with E-state index < -0.39 is 5.91 Å². The zero-order valence-corrected chi connectivity index (χ0v) is 12.1. The molecule has 110 valence electrons. The van der Waals surface area contributed by atoms with E-state index in [1.807, 2.05) is 6.07 Å². The summed E-state index contributed by atoms with van der Waals surface area (Å²) in [4.78, 5) is 13.5. The first-order chi connectivity index (χ1) is 9.51. The Hall–Kier alpha value is -1.59. The Morgan fingerprint density at radius 1 is 1.50 bits per heavy atom. The molecule has 1 fully saturated rings. The van der Waals surface area contributed by atoms with Crippen molar-refractivity contribution in [1.82, 2.24) is 4.90 Å². The molecule has 1 saturated heterocycles. The Labute approximate surface area is 119 Å². The quantitative estimate of drug-likeness (QED) is 0.814. The van der Waals surface area contributed by atoms with E-state index in [0.717, 1.165) is 31.7 Å². The molecule has 0 radical (unpaired) electrons. The Bertz CT molecular complexity index is 490. The zero-order valence-electron chi connectivity index (χ0n) is 12.1. The molecule has 2 unspecified atom stereocenters. The van der Waals surface area contributed by atoms with Gasteiger partial charge in [0.1, 0.15) is 0 Å². The number of nitrogens with zero attached hydrogens (tertiary/aromatic N) is 1. The van der Waals surface area contributed by atoms with Gasteiger partial charge in [0.15, 0.2) is 0 Å². The molecule has 1 aliphatic rings. The van der Waals surface area contributed by atoms with Gasteiger partial charge < -0.3 is 16.2 Å². The van der Waals surface area contributed by atoms with Gasteiger partial charge >= 0.3 is 0 Å². The zero-order chi connectivity index (χ0) is 14.7. The van der Waals surface area contributed by atoms with Crippen LogP contribution >= 0.6 is 0 Å². The smallest absolute Gasteiger partial charge is 0.248 e. The number of nitrogens with two attached hydrogens (primary N) is 2. The maximum Gasteiger partial charge on any atom is 0.248 e. The van der Waals surface area contributed by atoms with Crippen LogP contribution in [0.25, 0.3) is 0 Å². The third kappa shape index (κ3) is 3.29. The maximum absolute atomic E-state index is 11.1. The summed E-state index contributed by atoms with van der Waals surface area (Å²) in [5.74, 6) is -0.449. The largest absolute Gasteiger partial charge is 0.398 e. The average Bonchev–Trinajstić information content (AvgIpc) is 2.41. The third-order valence-electron chi connectivity index (χ3n) is 3.86. The number of nitrogen functional groups attached to an aromatic ring is 1. The summed E-state index contributed by atoms with van der Waals surface area (Å²) in [6.45, 7) is 6.68. The fraction of sp³-hybridized carbons (Fsp3) is 0.533. The summed E-state index contributed by atoms with van der Waals surface area (Å²) >= 11 is 0. The van der Waals surface area contributed by atoms with Crippen LogP contribution in [0.5, 0.6) is 0 Å². The van der Waals surface area contributed by atoms with Gasteiger partial charge in [-0.1, -0.05) is 13.0 Å². The lowest BCUT2D eigenvalue weighted by Gasteiger charge is -2.38. The van der Waals surface area contributed by atoms with Crippen molar-refractivity contribution in [3.8, 4) is 0 Å².